The van der Waals surface area contributed by atoms with Gasteiger partial charge in [0.2, 0.25) is 0 Å². The first-order valence-electron chi connectivity index (χ1n) is 6.46. The molecule has 1 fully saturated rings. The summed E-state index contributed by atoms with van der Waals surface area (Å²) in [7, 11) is 1.98. The highest BCUT2D eigenvalue weighted by atomic mass is 79.9. The van der Waals surface area contributed by atoms with Gasteiger partial charge in [0.1, 0.15) is 0 Å². The van der Waals surface area contributed by atoms with E-state index in [2.05, 4.69) is 51.3 Å². The Hall–Kier alpha value is -0.540. The predicted molar refractivity (Wildman–Crippen MR) is 77.6 cm³/mol. The van der Waals surface area contributed by atoms with Gasteiger partial charge in [-0.3, -0.25) is 0 Å². The molecule has 1 aromatic rings. The number of halogens is 1. The van der Waals surface area contributed by atoms with Crippen molar-refractivity contribution < 1.29 is 0 Å². The molecule has 0 heterocycles. The van der Waals surface area contributed by atoms with Crippen LogP contribution in [0.25, 0.3) is 0 Å². The van der Waals surface area contributed by atoms with Crippen molar-refractivity contribution in [3.8, 4) is 0 Å². The van der Waals surface area contributed by atoms with Crippen molar-refractivity contribution in [1.29, 1.82) is 0 Å². The second-order valence-electron chi connectivity index (χ2n) is 4.73. The zero-order valence-electron chi connectivity index (χ0n) is 10.7. The van der Waals surface area contributed by atoms with Crippen LogP contribution in [0.15, 0.2) is 22.7 Å². The van der Waals surface area contributed by atoms with Gasteiger partial charge in [0.05, 0.1) is 0 Å². The van der Waals surface area contributed by atoms with Crippen LogP contribution in [0.4, 0.5) is 5.69 Å². The third-order valence-corrected chi connectivity index (χ3v) is 3.93. The van der Waals surface area contributed by atoms with Gasteiger partial charge in [-0.25, -0.2) is 0 Å². The Morgan fingerprint density at radius 2 is 2.18 bits per heavy atom. The predicted octanol–water partition coefficient (Wildman–Crippen LogP) is 3.55. The van der Waals surface area contributed by atoms with Crippen molar-refractivity contribution in [2.45, 2.75) is 38.8 Å². The molecule has 0 bridgehead atoms. The molecule has 1 aromatic carbocycles. The van der Waals surface area contributed by atoms with E-state index in [1.54, 1.807) is 0 Å². The first kappa shape index (κ1) is 12.9. The molecule has 2 nitrogen and oxygen atoms in total. The fourth-order valence-corrected chi connectivity index (χ4v) is 2.71. The number of hydrogen-bond acceptors (Lipinski definition) is 2. The Kier molecular flexibility index (Phi) is 4.46. The smallest absolute Gasteiger partial charge is 0.0380 e. The van der Waals surface area contributed by atoms with E-state index < -0.39 is 0 Å². The van der Waals surface area contributed by atoms with Gasteiger partial charge >= 0.3 is 0 Å². The Balaban J connectivity index is 2.16. The summed E-state index contributed by atoms with van der Waals surface area (Å²) in [5.74, 6) is 0. The number of hydrogen-bond donors (Lipinski definition) is 1. The molecule has 0 saturated heterocycles. The maximum atomic E-state index is 3.67. The fourth-order valence-electron chi connectivity index (χ4n) is 2.20. The summed E-state index contributed by atoms with van der Waals surface area (Å²) < 4.78 is 1.21. The molecule has 0 atom stereocenters. The first-order chi connectivity index (χ1) is 8.26. The van der Waals surface area contributed by atoms with Crippen molar-refractivity contribution in [2.75, 3.05) is 18.5 Å². The van der Waals surface area contributed by atoms with E-state index >= 15 is 0 Å². The van der Waals surface area contributed by atoms with E-state index in [4.69, 9.17) is 0 Å². The van der Waals surface area contributed by atoms with Crippen LogP contribution in [-0.4, -0.2) is 19.6 Å². The summed E-state index contributed by atoms with van der Waals surface area (Å²) in [5, 5.41) is 3.19. The number of rotatable bonds is 6. The molecule has 0 unspecified atom stereocenters. The van der Waals surface area contributed by atoms with Crippen LogP contribution in [0.3, 0.4) is 0 Å². The molecule has 1 saturated carbocycles. The molecule has 0 aliphatic heterocycles. The lowest BCUT2D eigenvalue weighted by molar-refractivity contribution is 0.761. The van der Waals surface area contributed by atoms with Gasteiger partial charge in [-0.2, -0.15) is 0 Å². The number of anilines is 1. The molecule has 0 amide bonds. The highest BCUT2D eigenvalue weighted by Crippen LogP contribution is 2.33. The normalized spacial score (nSPS) is 15.0. The molecule has 1 N–H and O–H groups in total. The van der Waals surface area contributed by atoms with Crippen molar-refractivity contribution in [3.63, 3.8) is 0 Å². The minimum atomic E-state index is 0.789. The summed E-state index contributed by atoms with van der Waals surface area (Å²) in [6.07, 6.45) is 3.93. The second-order valence-corrected chi connectivity index (χ2v) is 5.58. The monoisotopic (exact) mass is 296 g/mol. The van der Waals surface area contributed by atoms with Gasteiger partial charge in [0.15, 0.2) is 0 Å². The highest BCUT2D eigenvalue weighted by molar-refractivity contribution is 9.10. The van der Waals surface area contributed by atoms with E-state index in [-0.39, 0.29) is 0 Å². The summed E-state index contributed by atoms with van der Waals surface area (Å²) in [4.78, 5) is 2.55. The summed E-state index contributed by atoms with van der Waals surface area (Å²) in [6, 6.07) is 7.53. The third-order valence-electron chi connectivity index (χ3n) is 3.19. The standard InChI is InChI=1S/C14H21BrN2/c1-3-8-17(12-6-7-12)13-5-4-11(10-16-2)14(15)9-13/h4-5,9,12,16H,3,6-8,10H2,1-2H3. The number of nitrogens with zero attached hydrogens (tertiary/aromatic N) is 1. The Morgan fingerprint density at radius 1 is 1.41 bits per heavy atom. The zero-order valence-corrected chi connectivity index (χ0v) is 12.3. The Bertz CT molecular complexity index is 374. The average Bonchev–Trinajstić information content (AvgIpc) is 3.13. The lowest BCUT2D eigenvalue weighted by atomic mass is 10.2. The topological polar surface area (TPSA) is 15.3 Å². The van der Waals surface area contributed by atoms with Crippen molar-refractivity contribution in [1.82, 2.24) is 5.32 Å². The molecule has 17 heavy (non-hydrogen) atoms. The van der Waals surface area contributed by atoms with Gasteiger partial charge in [-0.05, 0) is 44.0 Å². The van der Waals surface area contributed by atoms with Crippen molar-refractivity contribution >= 4 is 21.6 Å². The molecular weight excluding hydrogens is 276 g/mol. The van der Waals surface area contributed by atoms with Crippen LogP contribution in [-0.2, 0) is 6.54 Å². The maximum Gasteiger partial charge on any atom is 0.0380 e. The van der Waals surface area contributed by atoms with Crippen LogP contribution in [0.5, 0.6) is 0 Å². The largest absolute Gasteiger partial charge is 0.369 e. The number of nitrogens with one attached hydrogen (secondary N) is 1. The molecule has 1 aliphatic rings. The van der Waals surface area contributed by atoms with Crippen LogP contribution in [0.2, 0.25) is 0 Å². The van der Waals surface area contributed by atoms with Gasteiger partial charge in [-0.15, -0.1) is 0 Å². The van der Waals surface area contributed by atoms with Gasteiger partial charge < -0.3 is 10.2 Å². The van der Waals surface area contributed by atoms with E-state index in [9.17, 15) is 0 Å². The van der Waals surface area contributed by atoms with Crippen molar-refractivity contribution in [3.05, 3.63) is 28.2 Å². The molecule has 3 heteroatoms. The SMILES string of the molecule is CCCN(c1ccc(CNC)c(Br)c1)C1CC1. The lowest BCUT2D eigenvalue weighted by Crippen LogP contribution is -2.26. The molecule has 0 radical (unpaired) electrons. The molecule has 0 aromatic heterocycles. The fraction of sp³-hybridized carbons (Fsp3) is 0.571. The van der Waals surface area contributed by atoms with E-state index in [1.165, 1.54) is 41.5 Å². The summed E-state index contributed by atoms with van der Waals surface area (Å²) in [5.41, 5.74) is 2.68. The zero-order chi connectivity index (χ0) is 12.3. The van der Waals surface area contributed by atoms with Crippen LogP contribution in [0.1, 0.15) is 31.7 Å². The van der Waals surface area contributed by atoms with Crippen molar-refractivity contribution in [2.24, 2.45) is 0 Å². The van der Waals surface area contributed by atoms with E-state index in [0.717, 1.165) is 12.6 Å². The third kappa shape index (κ3) is 3.23. The molecule has 0 spiro atoms. The Morgan fingerprint density at radius 3 is 2.71 bits per heavy atom. The minimum absolute atomic E-state index is 0.789. The summed E-state index contributed by atoms with van der Waals surface area (Å²) >= 11 is 3.67. The van der Waals surface area contributed by atoms with Crippen LogP contribution < -0.4 is 10.2 Å². The van der Waals surface area contributed by atoms with Gasteiger partial charge in [0, 0.05) is 29.3 Å². The first-order valence-corrected chi connectivity index (χ1v) is 7.25. The van der Waals surface area contributed by atoms with E-state index in [1.807, 2.05) is 7.05 Å². The maximum absolute atomic E-state index is 3.67. The van der Waals surface area contributed by atoms with E-state index in [0.29, 0.717) is 0 Å². The molecular formula is C14H21BrN2. The number of benzene rings is 1. The van der Waals surface area contributed by atoms with Crippen LogP contribution in [0, 0.1) is 0 Å². The average molecular weight is 297 g/mol. The quantitative estimate of drug-likeness (QED) is 0.864. The molecule has 94 valence electrons. The lowest BCUT2D eigenvalue weighted by Gasteiger charge is -2.24. The molecule has 2 rings (SSSR count). The minimum Gasteiger partial charge on any atom is -0.369 e. The summed E-state index contributed by atoms with van der Waals surface area (Å²) in [6.45, 7) is 4.33. The Labute approximate surface area is 113 Å². The van der Waals surface area contributed by atoms with Gasteiger partial charge in [-0.1, -0.05) is 28.9 Å². The van der Waals surface area contributed by atoms with Crippen LogP contribution >= 0.6 is 15.9 Å². The van der Waals surface area contributed by atoms with Gasteiger partial charge in [0.25, 0.3) is 0 Å². The second kappa shape index (κ2) is 5.87. The highest BCUT2D eigenvalue weighted by Gasteiger charge is 2.28. The molecule has 1 aliphatic carbocycles.